The summed E-state index contributed by atoms with van der Waals surface area (Å²) in [5.74, 6) is -0.913. The Hall–Kier alpha value is 1.07. The minimum atomic E-state index is -0.913. The van der Waals surface area contributed by atoms with Crippen LogP contribution < -0.4 is 56.5 Å². The fourth-order valence-electron chi connectivity index (χ4n) is 6.73. The van der Waals surface area contributed by atoms with E-state index >= 15 is 0 Å². The van der Waals surface area contributed by atoms with Gasteiger partial charge in [-0.15, -0.1) is 0 Å². The molecule has 1 unspecified atom stereocenters. The van der Waals surface area contributed by atoms with Gasteiger partial charge in [0.05, 0.1) is 5.97 Å². The third-order valence-corrected chi connectivity index (χ3v) is 9.99. The second-order valence-corrected chi connectivity index (χ2v) is 14.3. The first-order valence-electron chi connectivity index (χ1n) is 20.6. The Morgan fingerprint density at radius 1 is 0.400 bits per heavy atom. The maximum Gasteiger partial charge on any atom is 1.00 e. The van der Waals surface area contributed by atoms with Gasteiger partial charge >= 0.3 is 51.4 Å². The van der Waals surface area contributed by atoms with Gasteiger partial charge in [0.2, 0.25) is 0 Å². The van der Waals surface area contributed by atoms with Crippen LogP contribution in [0.2, 0.25) is 0 Å². The minimum Gasteiger partial charge on any atom is -0.548 e. The molecule has 0 fully saturated rings. The van der Waals surface area contributed by atoms with Crippen molar-refractivity contribution in [2.45, 2.75) is 245 Å². The molecule has 264 valence electrons. The average molecular weight is 660 g/mol. The molecule has 0 aliphatic carbocycles. The molecule has 0 saturated carbocycles. The van der Waals surface area contributed by atoms with Crippen molar-refractivity contribution in [2.24, 2.45) is 0 Å². The molecule has 45 heavy (non-hydrogen) atoms. The quantitative estimate of drug-likeness (QED) is 0.0490. The summed E-state index contributed by atoms with van der Waals surface area (Å²) < 4.78 is 0. The number of carbonyl (C=O) groups is 1. The summed E-state index contributed by atoms with van der Waals surface area (Å²) in [7, 11) is 0. The molecule has 3 nitrogen and oxygen atoms in total. The first-order valence-corrected chi connectivity index (χ1v) is 20.6. The molecule has 0 aliphatic rings. The summed E-state index contributed by atoms with van der Waals surface area (Å²) in [6.07, 6.45) is 46.9. The maximum atomic E-state index is 11.6. The number of rotatable bonds is 38. The van der Waals surface area contributed by atoms with Crippen LogP contribution in [0.4, 0.5) is 0 Å². The fraction of sp³-hybridized carbons (Fsp3) is 0.976. The summed E-state index contributed by atoms with van der Waals surface area (Å²) in [6.45, 7) is 8.22. The Bertz CT molecular complexity index is 520. The van der Waals surface area contributed by atoms with Crippen molar-refractivity contribution in [3.63, 3.8) is 0 Å². The monoisotopic (exact) mass is 660 g/mol. The van der Waals surface area contributed by atoms with E-state index in [1.54, 1.807) is 0 Å². The van der Waals surface area contributed by atoms with Gasteiger partial charge in [0.15, 0.2) is 0 Å². The van der Waals surface area contributed by atoms with Crippen molar-refractivity contribution < 1.29 is 61.3 Å². The van der Waals surface area contributed by atoms with Crippen LogP contribution in [-0.2, 0) is 4.79 Å². The molecule has 0 heterocycles. The standard InChI is InChI=1S/C41H83NO2.K/c1-4-6-8-10-12-14-16-18-20-22-24-26-28-30-32-34-36-38-42(40(3)41(43)44)39-37-35-33-31-29-27-25-23-21-19-17-15-13-11-9-7-5-2;/h40H,4-39H2,1-3H3,(H,43,44);/q;+1/p-1. The zero-order valence-corrected chi connectivity index (χ0v) is 34.9. The molecule has 0 aromatic heterocycles. The van der Waals surface area contributed by atoms with Crippen LogP contribution in [0, 0.1) is 0 Å². The van der Waals surface area contributed by atoms with E-state index in [1.807, 2.05) is 6.92 Å². The number of unbranched alkanes of at least 4 members (excludes halogenated alkanes) is 32. The zero-order valence-electron chi connectivity index (χ0n) is 31.8. The fourth-order valence-corrected chi connectivity index (χ4v) is 6.73. The first kappa shape index (κ1) is 48.2. The van der Waals surface area contributed by atoms with Crippen molar-refractivity contribution in [1.82, 2.24) is 4.90 Å². The van der Waals surface area contributed by atoms with E-state index < -0.39 is 12.0 Å². The van der Waals surface area contributed by atoms with E-state index in [9.17, 15) is 9.90 Å². The second-order valence-electron chi connectivity index (χ2n) is 14.3. The van der Waals surface area contributed by atoms with Gasteiger partial charge in [0.25, 0.3) is 0 Å². The van der Waals surface area contributed by atoms with Gasteiger partial charge in [0.1, 0.15) is 0 Å². The summed E-state index contributed by atoms with van der Waals surface area (Å²) in [4.78, 5) is 13.7. The van der Waals surface area contributed by atoms with Gasteiger partial charge in [-0.05, 0) is 32.9 Å². The Morgan fingerprint density at radius 3 is 0.756 bits per heavy atom. The molecular formula is C41H82KNO2. The number of nitrogens with zero attached hydrogens (tertiary/aromatic N) is 1. The minimum absolute atomic E-state index is 0. The summed E-state index contributed by atoms with van der Waals surface area (Å²) >= 11 is 0. The normalized spacial score (nSPS) is 12.1. The van der Waals surface area contributed by atoms with Gasteiger partial charge < -0.3 is 9.90 Å². The molecule has 0 aromatic rings. The number of aliphatic carboxylic acids is 1. The summed E-state index contributed by atoms with van der Waals surface area (Å²) in [6, 6.07) is -0.461. The molecule has 0 saturated heterocycles. The first-order chi connectivity index (χ1) is 21.6. The van der Waals surface area contributed by atoms with E-state index in [0.29, 0.717) is 0 Å². The molecule has 0 aliphatic heterocycles. The summed E-state index contributed by atoms with van der Waals surface area (Å²) in [5, 5.41) is 11.6. The molecule has 0 bridgehead atoms. The van der Waals surface area contributed by atoms with Crippen LogP contribution in [0.5, 0.6) is 0 Å². The summed E-state index contributed by atoms with van der Waals surface area (Å²) in [5.41, 5.74) is 0. The van der Waals surface area contributed by atoms with Gasteiger partial charge in [-0.2, -0.15) is 0 Å². The number of hydrogen-bond donors (Lipinski definition) is 0. The van der Waals surface area contributed by atoms with Gasteiger partial charge in [-0.25, -0.2) is 0 Å². The van der Waals surface area contributed by atoms with E-state index in [-0.39, 0.29) is 51.4 Å². The van der Waals surface area contributed by atoms with Crippen LogP contribution >= 0.6 is 0 Å². The van der Waals surface area contributed by atoms with Crippen LogP contribution in [0.15, 0.2) is 0 Å². The number of carboxylic acids is 1. The Kier molecular flexibility index (Phi) is 44.2. The van der Waals surface area contributed by atoms with Crippen LogP contribution in [0.3, 0.4) is 0 Å². The van der Waals surface area contributed by atoms with E-state index in [2.05, 4.69) is 18.7 Å². The van der Waals surface area contributed by atoms with E-state index in [0.717, 1.165) is 25.9 Å². The Labute approximate surface area is 327 Å². The molecule has 1 atom stereocenters. The third-order valence-electron chi connectivity index (χ3n) is 9.99. The second kappa shape index (κ2) is 41.2. The molecule has 0 aromatic carbocycles. The van der Waals surface area contributed by atoms with Gasteiger partial charge in [0, 0.05) is 6.04 Å². The predicted molar refractivity (Wildman–Crippen MR) is 194 cm³/mol. The zero-order chi connectivity index (χ0) is 32.2. The predicted octanol–water partition coefficient (Wildman–Crippen LogP) is 9.73. The smallest absolute Gasteiger partial charge is 0.548 e. The molecule has 0 radical (unpaired) electrons. The topological polar surface area (TPSA) is 43.4 Å². The van der Waals surface area contributed by atoms with Crippen molar-refractivity contribution >= 4 is 5.97 Å². The third kappa shape index (κ3) is 37.7. The van der Waals surface area contributed by atoms with Crippen molar-refractivity contribution in [1.29, 1.82) is 0 Å². The van der Waals surface area contributed by atoms with Crippen molar-refractivity contribution in [2.75, 3.05) is 13.1 Å². The maximum absolute atomic E-state index is 11.6. The Morgan fingerprint density at radius 2 is 0.578 bits per heavy atom. The number of carboxylic acid groups (broad SMARTS) is 1. The Balaban J connectivity index is 0. The number of hydrogen-bond acceptors (Lipinski definition) is 3. The van der Waals surface area contributed by atoms with Crippen LogP contribution in [0.25, 0.3) is 0 Å². The SMILES string of the molecule is CCCCCCCCCCCCCCCCCCCN(CCCCCCCCCCCCCCCCCCC)C(C)C(=O)[O-].[K+]. The molecule has 0 rings (SSSR count). The van der Waals surface area contributed by atoms with Crippen molar-refractivity contribution in [3.05, 3.63) is 0 Å². The van der Waals surface area contributed by atoms with Gasteiger partial charge in [-0.3, -0.25) is 4.90 Å². The molecule has 4 heteroatoms. The largest absolute Gasteiger partial charge is 1.00 e. The average Bonchev–Trinajstić information content (AvgIpc) is 3.02. The molecule has 0 amide bonds. The van der Waals surface area contributed by atoms with E-state index in [1.165, 1.54) is 205 Å². The number of carbonyl (C=O) groups excluding carboxylic acids is 1. The van der Waals surface area contributed by atoms with Crippen LogP contribution in [-0.4, -0.2) is 30.0 Å². The van der Waals surface area contributed by atoms with Crippen LogP contribution in [0.1, 0.15) is 239 Å². The van der Waals surface area contributed by atoms with Gasteiger partial charge in [-0.1, -0.05) is 219 Å². The molecular weight excluding hydrogens is 578 g/mol. The molecule has 0 N–H and O–H groups in total. The van der Waals surface area contributed by atoms with Crippen molar-refractivity contribution in [3.8, 4) is 0 Å². The molecule has 0 spiro atoms. The van der Waals surface area contributed by atoms with E-state index in [4.69, 9.17) is 0 Å².